The Bertz CT molecular complexity index is 753. The molecule has 3 N–H and O–H groups in total. The monoisotopic (exact) mass is 293 g/mol. The van der Waals surface area contributed by atoms with Gasteiger partial charge in [0.25, 0.3) is 0 Å². The Morgan fingerprint density at radius 2 is 1.50 bits per heavy atom. The van der Waals surface area contributed by atoms with Gasteiger partial charge < -0.3 is 15.5 Å². The Hall–Kier alpha value is -2.36. The van der Waals surface area contributed by atoms with Gasteiger partial charge in [-0.25, -0.2) is 0 Å². The predicted molar refractivity (Wildman–Crippen MR) is 91.0 cm³/mol. The van der Waals surface area contributed by atoms with Crippen molar-refractivity contribution < 1.29 is 10.2 Å². The summed E-state index contributed by atoms with van der Waals surface area (Å²) < 4.78 is 0. The van der Waals surface area contributed by atoms with E-state index in [1.807, 2.05) is 24.3 Å². The summed E-state index contributed by atoms with van der Waals surface area (Å²) in [6, 6.07) is 22.8. The third kappa shape index (κ3) is 3.27. The summed E-state index contributed by atoms with van der Waals surface area (Å²) in [5.41, 5.74) is 3.26. The summed E-state index contributed by atoms with van der Waals surface area (Å²) in [5.74, 6) is 0. The zero-order valence-corrected chi connectivity index (χ0v) is 12.2. The molecule has 0 heterocycles. The van der Waals surface area contributed by atoms with E-state index in [9.17, 15) is 5.11 Å². The topological polar surface area (TPSA) is 52.5 Å². The molecule has 0 fully saturated rings. The first-order valence-corrected chi connectivity index (χ1v) is 7.38. The summed E-state index contributed by atoms with van der Waals surface area (Å²) >= 11 is 0. The SMILES string of the molecule is OCC(O)CNc1ccc(-c2ccc3ccccc3c2)cc1. The Labute approximate surface area is 129 Å². The summed E-state index contributed by atoms with van der Waals surface area (Å²) in [6.45, 7) is 0.105. The Morgan fingerprint density at radius 1 is 0.818 bits per heavy atom. The Morgan fingerprint density at radius 3 is 2.23 bits per heavy atom. The summed E-state index contributed by atoms with van der Waals surface area (Å²) in [6.07, 6.45) is -0.736. The van der Waals surface area contributed by atoms with E-state index in [1.54, 1.807) is 0 Å². The standard InChI is InChI=1S/C19H19NO2/c21-13-19(22)12-20-18-9-7-15(8-10-18)17-6-5-14-3-1-2-4-16(14)11-17/h1-11,19-22H,12-13H2. The van der Waals surface area contributed by atoms with Crippen LogP contribution in [0.2, 0.25) is 0 Å². The first kappa shape index (κ1) is 14.6. The highest BCUT2D eigenvalue weighted by Crippen LogP contribution is 2.25. The fourth-order valence-electron chi connectivity index (χ4n) is 2.45. The molecule has 0 saturated heterocycles. The van der Waals surface area contributed by atoms with Crippen LogP contribution >= 0.6 is 0 Å². The summed E-state index contributed by atoms with van der Waals surface area (Å²) in [4.78, 5) is 0. The van der Waals surface area contributed by atoms with Crippen LogP contribution in [0.1, 0.15) is 0 Å². The van der Waals surface area contributed by atoms with Gasteiger partial charge in [-0.05, 0) is 40.1 Å². The van der Waals surface area contributed by atoms with E-state index in [-0.39, 0.29) is 6.61 Å². The zero-order chi connectivity index (χ0) is 15.4. The maximum atomic E-state index is 9.34. The van der Waals surface area contributed by atoms with E-state index in [1.165, 1.54) is 16.3 Å². The molecule has 0 saturated carbocycles. The lowest BCUT2D eigenvalue weighted by molar-refractivity contribution is 0.105. The van der Waals surface area contributed by atoms with E-state index < -0.39 is 6.10 Å². The van der Waals surface area contributed by atoms with Gasteiger partial charge in [-0.1, -0.05) is 48.5 Å². The van der Waals surface area contributed by atoms with Crippen molar-refractivity contribution in [1.82, 2.24) is 0 Å². The number of hydrogen-bond donors (Lipinski definition) is 3. The molecule has 3 heteroatoms. The normalized spacial score (nSPS) is 12.3. The van der Waals surface area contributed by atoms with Crippen LogP contribution in [0.4, 0.5) is 5.69 Å². The first-order valence-electron chi connectivity index (χ1n) is 7.38. The van der Waals surface area contributed by atoms with Gasteiger partial charge in [0, 0.05) is 12.2 Å². The van der Waals surface area contributed by atoms with E-state index in [0.717, 1.165) is 11.3 Å². The minimum Gasteiger partial charge on any atom is -0.394 e. The highest BCUT2D eigenvalue weighted by Gasteiger charge is 2.03. The Balaban J connectivity index is 1.79. The highest BCUT2D eigenvalue weighted by molar-refractivity contribution is 5.87. The molecule has 0 aliphatic carbocycles. The van der Waals surface area contributed by atoms with Crippen molar-refractivity contribution in [2.45, 2.75) is 6.10 Å². The third-order valence-corrected chi connectivity index (χ3v) is 3.72. The molecule has 112 valence electrons. The predicted octanol–water partition coefficient (Wildman–Crippen LogP) is 3.27. The average Bonchev–Trinajstić information content (AvgIpc) is 2.59. The largest absolute Gasteiger partial charge is 0.394 e. The van der Waals surface area contributed by atoms with Crippen LogP contribution in [0.5, 0.6) is 0 Å². The van der Waals surface area contributed by atoms with Crippen LogP contribution in [0.25, 0.3) is 21.9 Å². The lowest BCUT2D eigenvalue weighted by Crippen LogP contribution is -2.22. The molecule has 0 aromatic heterocycles. The van der Waals surface area contributed by atoms with Crippen molar-refractivity contribution in [3.63, 3.8) is 0 Å². The van der Waals surface area contributed by atoms with Gasteiger partial charge in [0.05, 0.1) is 12.7 Å². The highest BCUT2D eigenvalue weighted by atomic mass is 16.3. The second-order valence-corrected chi connectivity index (χ2v) is 5.36. The van der Waals surface area contributed by atoms with Gasteiger partial charge in [0.2, 0.25) is 0 Å². The number of aliphatic hydroxyl groups is 2. The number of hydrogen-bond acceptors (Lipinski definition) is 3. The van der Waals surface area contributed by atoms with Crippen LogP contribution < -0.4 is 5.32 Å². The molecule has 0 radical (unpaired) electrons. The number of rotatable bonds is 5. The second-order valence-electron chi connectivity index (χ2n) is 5.36. The minimum atomic E-state index is -0.736. The fourth-order valence-corrected chi connectivity index (χ4v) is 2.45. The van der Waals surface area contributed by atoms with Crippen molar-refractivity contribution in [3.05, 3.63) is 66.7 Å². The zero-order valence-electron chi connectivity index (χ0n) is 12.2. The van der Waals surface area contributed by atoms with Crippen molar-refractivity contribution >= 4 is 16.5 Å². The molecule has 0 bridgehead atoms. The van der Waals surface area contributed by atoms with Crippen LogP contribution in [0.15, 0.2) is 66.7 Å². The first-order chi connectivity index (χ1) is 10.8. The van der Waals surface area contributed by atoms with Gasteiger partial charge in [-0.15, -0.1) is 0 Å². The van der Waals surface area contributed by atoms with Crippen molar-refractivity contribution in [1.29, 1.82) is 0 Å². The molecule has 3 aromatic rings. The van der Waals surface area contributed by atoms with Gasteiger partial charge >= 0.3 is 0 Å². The molecule has 3 rings (SSSR count). The molecule has 22 heavy (non-hydrogen) atoms. The number of nitrogens with one attached hydrogen (secondary N) is 1. The number of aliphatic hydroxyl groups excluding tert-OH is 2. The molecule has 0 amide bonds. The molecule has 3 nitrogen and oxygen atoms in total. The van der Waals surface area contributed by atoms with Crippen LogP contribution in [0.3, 0.4) is 0 Å². The number of anilines is 1. The number of fused-ring (bicyclic) bond motifs is 1. The molecule has 3 aromatic carbocycles. The molecule has 0 spiro atoms. The average molecular weight is 293 g/mol. The quantitative estimate of drug-likeness (QED) is 0.676. The molecular formula is C19H19NO2. The van der Waals surface area contributed by atoms with Crippen molar-refractivity contribution in [2.24, 2.45) is 0 Å². The molecule has 0 aliphatic heterocycles. The fraction of sp³-hybridized carbons (Fsp3) is 0.158. The van der Waals surface area contributed by atoms with E-state index in [4.69, 9.17) is 5.11 Å². The second kappa shape index (κ2) is 6.60. The maximum Gasteiger partial charge on any atom is 0.0942 e. The van der Waals surface area contributed by atoms with Crippen LogP contribution in [-0.4, -0.2) is 29.5 Å². The van der Waals surface area contributed by atoms with Crippen LogP contribution in [0, 0.1) is 0 Å². The summed E-state index contributed by atoms with van der Waals surface area (Å²) in [7, 11) is 0. The molecular weight excluding hydrogens is 274 g/mol. The molecule has 0 aliphatic rings. The lowest BCUT2D eigenvalue weighted by atomic mass is 10.0. The smallest absolute Gasteiger partial charge is 0.0942 e. The van der Waals surface area contributed by atoms with Crippen molar-refractivity contribution in [3.8, 4) is 11.1 Å². The molecule has 1 unspecified atom stereocenters. The van der Waals surface area contributed by atoms with Crippen molar-refractivity contribution in [2.75, 3.05) is 18.5 Å². The minimum absolute atomic E-state index is 0.234. The van der Waals surface area contributed by atoms with Gasteiger partial charge in [-0.2, -0.15) is 0 Å². The van der Waals surface area contributed by atoms with Gasteiger partial charge in [0.15, 0.2) is 0 Å². The lowest BCUT2D eigenvalue weighted by Gasteiger charge is -2.11. The molecule has 1 atom stereocenters. The maximum absolute atomic E-state index is 9.34. The van der Waals surface area contributed by atoms with Gasteiger partial charge in [0.1, 0.15) is 0 Å². The third-order valence-electron chi connectivity index (χ3n) is 3.72. The van der Waals surface area contributed by atoms with E-state index >= 15 is 0 Å². The Kier molecular flexibility index (Phi) is 4.37. The summed E-state index contributed by atoms with van der Waals surface area (Å²) in [5, 5.41) is 23.7. The van der Waals surface area contributed by atoms with E-state index in [2.05, 4.69) is 47.8 Å². The van der Waals surface area contributed by atoms with E-state index in [0.29, 0.717) is 6.54 Å². The van der Waals surface area contributed by atoms with Crippen LogP contribution in [-0.2, 0) is 0 Å². The number of benzene rings is 3. The van der Waals surface area contributed by atoms with Gasteiger partial charge in [-0.3, -0.25) is 0 Å².